The number of nitrogens with one attached hydrogen (secondary N) is 3. The van der Waals surface area contributed by atoms with Crippen molar-refractivity contribution >= 4 is 38.9 Å². The van der Waals surface area contributed by atoms with Crippen molar-refractivity contribution in [1.82, 2.24) is 15.0 Å². The van der Waals surface area contributed by atoms with Crippen molar-refractivity contribution < 1.29 is 26.3 Å². The predicted octanol–water partition coefficient (Wildman–Crippen LogP) is 5.37. The van der Waals surface area contributed by atoms with Crippen LogP contribution in [0.4, 0.5) is 42.0 Å². The van der Waals surface area contributed by atoms with E-state index in [1.807, 2.05) is 6.07 Å². The fourth-order valence-electron chi connectivity index (χ4n) is 3.07. The van der Waals surface area contributed by atoms with E-state index < -0.39 is 22.1 Å². The van der Waals surface area contributed by atoms with Crippen LogP contribution in [0.5, 0.6) is 5.75 Å². The molecule has 2 aromatic heterocycles. The Labute approximate surface area is 204 Å². The van der Waals surface area contributed by atoms with Gasteiger partial charge < -0.3 is 15.4 Å². The molecule has 186 valence electrons. The Morgan fingerprint density at radius 1 is 0.806 bits per heavy atom. The summed E-state index contributed by atoms with van der Waals surface area (Å²) >= 11 is 0. The van der Waals surface area contributed by atoms with Crippen LogP contribution in [0.15, 0.2) is 83.9 Å². The molecule has 0 aliphatic carbocycles. The number of pyridine rings is 1. The van der Waals surface area contributed by atoms with Crippen molar-refractivity contribution in [2.24, 2.45) is 0 Å². The lowest BCUT2D eigenvalue weighted by atomic mass is 10.3. The number of halogens is 3. The van der Waals surface area contributed by atoms with E-state index >= 15 is 0 Å². The lowest BCUT2D eigenvalue weighted by molar-refractivity contribution is -0.274. The molecule has 2 aromatic carbocycles. The fourth-order valence-corrected chi connectivity index (χ4v) is 4.13. The first-order chi connectivity index (χ1) is 17.1. The monoisotopic (exact) mass is 516 g/mol. The summed E-state index contributed by atoms with van der Waals surface area (Å²) in [6.45, 7) is 1.74. The van der Waals surface area contributed by atoms with E-state index in [0.29, 0.717) is 29.0 Å². The van der Waals surface area contributed by atoms with Gasteiger partial charge in [-0.05, 0) is 67.6 Å². The van der Waals surface area contributed by atoms with Crippen LogP contribution < -0.4 is 20.1 Å². The number of ether oxygens (including phenoxy) is 1. The average molecular weight is 517 g/mol. The van der Waals surface area contributed by atoms with Crippen LogP contribution in [0.2, 0.25) is 0 Å². The molecule has 3 N–H and O–H groups in total. The van der Waals surface area contributed by atoms with Crippen LogP contribution in [0.1, 0.15) is 5.82 Å². The quantitative estimate of drug-likeness (QED) is 0.286. The van der Waals surface area contributed by atoms with E-state index in [0.717, 1.165) is 24.3 Å². The molecule has 0 atom stereocenters. The SMILES string of the molecule is Cc1nc(Nc2ccc(NS(=O)(=O)c3ccc(OC(F)(F)F)cc3)cc2)cc(Nc2ccccn2)n1. The molecule has 0 radical (unpaired) electrons. The molecule has 13 heteroatoms. The van der Waals surface area contributed by atoms with Crippen molar-refractivity contribution in [3.8, 4) is 5.75 Å². The van der Waals surface area contributed by atoms with Crippen molar-refractivity contribution in [2.75, 3.05) is 15.4 Å². The molecule has 0 saturated carbocycles. The Hall–Kier alpha value is -4.39. The average Bonchev–Trinajstić information content (AvgIpc) is 2.80. The van der Waals surface area contributed by atoms with Crippen LogP contribution in [0, 0.1) is 6.92 Å². The molecule has 4 rings (SSSR count). The van der Waals surface area contributed by atoms with Gasteiger partial charge in [-0.1, -0.05) is 6.07 Å². The Balaban J connectivity index is 1.42. The van der Waals surface area contributed by atoms with Gasteiger partial charge in [0.25, 0.3) is 10.0 Å². The van der Waals surface area contributed by atoms with Gasteiger partial charge in [-0.25, -0.2) is 23.4 Å². The van der Waals surface area contributed by atoms with Crippen LogP contribution >= 0.6 is 0 Å². The number of anilines is 5. The summed E-state index contributed by atoms with van der Waals surface area (Å²) in [5.41, 5.74) is 0.890. The molecule has 0 bridgehead atoms. The summed E-state index contributed by atoms with van der Waals surface area (Å²) in [6, 6.07) is 17.4. The predicted molar refractivity (Wildman–Crippen MR) is 128 cm³/mol. The van der Waals surface area contributed by atoms with Gasteiger partial charge in [0.05, 0.1) is 4.90 Å². The standard InChI is InChI=1S/C23H19F3N6O3S/c1-15-28-21(14-22(29-15)31-20-4-2-3-13-27-20)30-16-5-7-17(8-6-16)32-36(33,34)19-11-9-18(10-12-19)35-23(24,25)26/h2-14,32H,1H3,(H2,27,28,29,30,31). The highest BCUT2D eigenvalue weighted by atomic mass is 32.2. The van der Waals surface area contributed by atoms with Crippen molar-refractivity contribution in [2.45, 2.75) is 18.2 Å². The molecule has 0 spiro atoms. The fraction of sp³-hybridized carbons (Fsp3) is 0.0870. The second-order valence-electron chi connectivity index (χ2n) is 7.35. The van der Waals surface area contributed by atoms with E-state index in [1.165, 1.54) is 12.1 Å². The highest BCUT2D eigenvalue weighted by molar-refractivity contribution is 7.92. The number of aryl methyl sites for hydroxylation is 1. The minimum atomic E-state index is -4.86. The van der Waals surface area contributed by atoms with Crippen molar-refractivity contribution in [3.05, 3.63) is 84.8 Å². The van der Waals surface area contributed by atoms with Gasteiger partial charge in [0, 0.05) is 23.6 Å². The van der Waals surface area contributed by atoms with E-state index in [9.17, 15) is 21.6 Å². The number of alkyl halides is 3. The second-order valence-corrected chi connectivity index (χ2v) is 9.04. The minimum absolute atomic E-state index is 0.219. The Morgan fingerprint density at radius 3 is 2.06 bits per heavy atom. The maximum Gasteiger partial charge on any atom is 0.573 e. The summed E-state index contributed by atoms with van der Waals surface area (Å²) < 4.78 is 68.2. The molecule has 0 unspecified atom stereocenters. The zero-order chi connectivity index (χ0) is 25.8. The first kappa shape index (κ1) is 24.7. The maximum absolute atomic E-state index is 12.6. The van der Waals surface area contributed by atoms with Crippen molar-refractivity contribution in [3.63, 3.8) is 0 Å². The smallest absolute Gasteiger partial charge is 0.406 e. The summed E-state index contributed by atoms with van der Waals surface area (Å²) in [5, 5.41) is 6.22. The topological polar surface area (TPSA) is 118 Å². The third-order valence-corrected chi connectivity index (χ3v) is 5.93. The number of sulfonamides is 1. The highest BCUT2D eigenvalue weighted by Gasteiger charge is 2.31. The summed E-state index contributed by atoms with van der Waals surface area (Å²) in [4.78, 5) is 12.7. The van der Waals surface area contributed by atoms with E-state index in [-0.39, 0.29) is 10.6 Å². The third-order valence-electron chi connectivity index (χ3n) is 4.54. The molecule has 9 nitrogen and oxygen atoms in total. The summed E-state index contributed by atoms with van der Waals surface area (Å²) in [5.74, 6) is 1.68. The van der Waals surface area contributed by atoms with E-state index in [2.05, 4.69) is 35.0 Å². The Bertz CT molecular complexity index is 1430. The summed E-state index contributed by atoms with van der Waals surface area (Å²) in [6.07, 6.45) is -3.21. The molecule has 2 heterocycles. The molecule has 0 amide bonds. The maximum atomic E-state index is 12.6. The number of hydrogen-bond donors (Lipinski definition) is 3. The molecule has 0 aliphatic rings. The lowest BCUT2D eigenvalue weighted by Crippen LogP contribution is -2.17. The number of benzene rings is 2. The normalized spacial score (nSPS) is 11.6. The second kappa shape index (κ2) is 10.1. The first-order valence-electron chi connectivity index (χ1n) is 10.4. The molecule has 0 aliphatic heterocycles. The summed E-state index contributed by atoms with van der Waals surface area (Å²) in [7, 11) is -4.03. The van der Waals surface area contributed by atoms with E-state index in [4.69, 9.17) is 0 Å². The number of hydrogen-bond acceptors (Lipinski definition) is 8. The Kier molecular flexibility index (Phi) is 6.92. The highest BCUT2D eigenvalue weighted by Crippen LogP contribution is 2.26. The van der Waals surface area contributed by atoms with Gasteiger partial charge in [0.15, 0.2) is 0 Å². The van der Waals surface area contributed by atoms with Gasteiger partial charge in [0.1, 0.15) is 29.0 Å². The molecule has 0 saturated heterocycles. The first-order valence-corrected chi connectivity index (χ1v) is 11.8. The number of nitrogens with zero attached hydrogens (tertiary/aromatic N) is 3. The van der Waals surface area contributed by atoms with Gasteiger partial charge in [-0.3, -0.25) is 4.72 Å². The van der Waals surface area contributed by atoms with Crippen molar-refractivity contribution in [1.29, 1.82) is 0 Å². The van der Waals surface area contributed by atoms with Gasteiger partial charge in [-0.2, -0.15) is 0 Å². The third kappa shape index (κ3) is 6.82. The molecular weight excluding hydrogens is 497 g/mol. The van der Waals surface area contributed by atoms with Crippen LogP contribution in [-0.2, 0) is 10.0 Å². The minimum Gasteiger partial charge on any atom is -0.406 e. The number of aromatic nitrogens is 3. The molecular formula is C23H19F3N6O3S. The van der Waals surface area contributed by atoms with Gasteiger partial charge in [-0.15, -0.1) is 13.2 Å². The molecule has 36 heavy (non-hydrogen) atoms. The van der Waals surface area contributed by atoms with Crippen LogP contribution in [0.25, 0.3) is 0 Å². The zero-order valence-electron chi connectivity index (χ0n) is 18.6. The van der Waals surface area contributed by atoms with Gasteiger partial charge >= 0.3 is 6.36 Å². The Morgan fingerprint density at radius 2 is 1.44 bits per heavy atom. The molecule has 4 aromatic rings. The van der Waals surface area contributed by atoms with Crippen LogP contribution in [0.3, 0.4) is 0 Å². The largest absolute Gasteiger partial charge is 0.573 e. The van der Waals surface area contributed by atoms with E-state index in [1.54, 1.807) is 43.5 Å². The number of rotatable bonds is 8. The molecule has 0 fully saturated rings. The van der Waals surface area contributed by atoms with Crippen LogP contribution in [-0.4, -0.2) is 29.7 Å². The lowest BCUT2D eigenvalue weighted by Gasteiger charge is -2.12. The zero-order valence-corrected chi connectivity index (χ0v) is 19.4. The van der Waals surface area contributed by atoms with Gasteiger partial charge in [0.2, 0.25) is 0 Å².